The molecule has 1 atom stereocenters. The van der Waals surface area contributed by atoms with Gasteiger partial charge in [-0.25, -0.2) is 9.97 Å². The average Bonchev–Trinajstić information content (AvgIpc) is 3.51. The lowest BCUT2D eigenvalue weighted by Crippen LogP contribution is -2.31. The molecule has 3 heterocycles. The highest BCUT2D eigenvalue weighted by Crippen LogP contribution is 2.37. The molecule has 1 saturated heterocycles. The molecule has 0 bridgehead atoms. The van der Waals surface area contributed by atoms with Gasteiger partial charge in [0.2, 0.25) is 0 Å². The van der Waals surface area contributed by atoms with Crippen LogP contribution in [-0.4, -0.2) is 41.6 Å². The molecule has 1 N–H and O–H groups in total. The van der Waals surface area contributed by atoms with Crippen LogP contribution in [0.4, 0.5) is 5.82 Å². The molecular weight excluding hydrogens is 404 g/mol. The number of nitrogens with one attached hydrogen (secondary N) is 1. The minimum atomic E-state index is 0.225. The van der Waals surface area contributed by atoms with E-state index in [4.69, 9.17) is 4.74 Å². The van der Waals surface area contributed by atoms with E-state index in [0.717, 1.165) is 41.4 Å². The molecule has 0 amide bonds. The fourth-order valence-corrected chi connectivity index (χ4v) is 5.38. The number of methoxy groups -OCH3 is 1. The van der Waals surface area contributed by atoms with Gasteiger partial charge in [-0.1, -0.05) is 48.5 Å². The Morgan fingerprint density at radius 1 is 1.03 bits per heavy atom. The molecule has 0 spiro atoms. The predicted molar refractivity (Wildman–Crippen MR) is 128 cm³/mol. The molecule has 1 aliphatic heterocycles. The second-order valence-corrected chi connectivity index (χ2v) is 8.66. The Labute approximate surface area is 186 Å². The van der Waals surface area contributed by atoms with Crippen LogP contribution in [0.15, 0.2) is 66.3 Å². The van der Waals surface area contributed by atoms with Crippen LogP contribution in [0, 0.1) is 0 Å². The first-order valence-electron chi connectivity index (χ1n) is 10.7. The van der Waals surface area contributed by atoms with Gasteiger partial charge in [-0.2, -0.15) is 0 Å². The van der Waals surface area contributed by atoms with Crippen molar-refractivity contribution in [3.8, 4) is 16.9 Å². The van der Waals surface area contributed by atoms with E-state index in [1.54, 1.807) is 24.8 Å². The highest BCUT2D eigenvalue weighted by atomic mass is 32.1. The molecule has 0 aliphatic carbocycles. The molecule has 31 heavy (non-hydrogen) atoms. The molecule has 1 aliphatic rings. The van der Waals surface area contributed by atoms with Crippen LogP contribution in [0.5, 0.6) is 5.75 Å². The van der Waals surface area contributed by atoms with Gasteiger partial charge in [-0.3, -0.25) is 4.90 Å². The summed E-state index contributed by atoms with van der Waals surface area (Å²) in [6.45, 7) is 2.98. The number of benzene rings is 2. The molecule has 4 aromatic rings. The summed E-state index contributed by atoms with van der Waals surface area (Å²) in [4.78, 5) is 12.7. The fourth-order valence-electron chi connectivity index (χ4n) is 4.46. The molecular formula is C25H26N4OS. The van der Waals surface area contributed by atoms with Crippen molar-refractivity contribution in [2.45, 2.75) is 18.9 Å². The van der Waals surface area contributed by atoms with Crippen molar-refractivity contribution in [3.05, 3.63) is 71.9 Å². The van der Waals surface area contributed by atoms with Crippen molar-refractivity contribution in [1.29, 1.82) is 0 Å². The smallest absolute Gasteiger partial charge is 0.138 e. The maximum Gasteiger partial charge on any atom is 0.138 e. The van der Waals surface area contributed by atoms with Crippen LogP contribution >= 0.6 is 11.3 Å². The average molecular weight is 431 g/mol. The maximum atomic E-state index is 5.69. The van der Waals surface area contributed by atoms with Gasteiger partial charge in [0, 0.05) is 23.1 Å². The second kappa shape index (κ2) is 9.04. The van der Waals surface area contributed by atoms with Crippen molar-refractivity contribution in [2.75, 3.05) is 32.1 Å². The third kappa shape index (κ3) is 4.01. The Bertz CT molecular complexity index is 1150. The van der Waals surface area contributed by atoms with Crippen LogP contribution in [0.2, 0.25) is 0 Å². The lowest BCUT2D eigenvalue weighted by Gasteiger charge is -2.29. The van der Waals surface area contributed by atoms with Crippen LogP contribution in [0.25, 0.3) is 21.3 Å². The van der Waals surface area contributed by atoms with Gasteiger partial charge in [0.1, 0.15) is 22.7 Å². The number of ether oxygens (including phenoxy) is 1. The first-order valence-corrected chi connectivity index (χ1v) is 11.6. The standard InChI is InChI=1S/C25H26N4OS/c1-30-22-12-6-5-11-19(22)21(29-13-7-8-14-29)15-26-24-23-20(18-9-3-2-4-10-18)16-31-25(23)28-17-27-24/h2-6,9-12,16-17,21H,7-8,13-15H2,1H3,(H,26,27,28)/t21-/m0/s1. The van der Waals surface area contributed by atoms with Gasteiger partial charge in [-0.05, 0) is 37.6 Å². The highest BCUT2D eigenvalue weighted by molar-refractivity contribution is 7.17. The van der Waals surface area contributed by atoms with Crippen molar-refractivity contribution in [1.82, 2.24) is 14.9 Å². The zero-order chi connectivity index (χ0) is 21.0. The molecule has 1 fully saturated rings. The number of likely N-dealkylation sites (tertiary alicyclic amines) is 1. The summed E-state index contributed by atoms with van der Waals surface area (Å²) in [5.74, 6) is 1.83. The normalized spacial score (nSPS) is 15.3. The molecule has 158 valence electrons. The van der Waals surface area contributed by atoms with E-state index >= 15 is 0 Å². The number of aromatic nitrogens is 2. The van der Waals surface area contributed by atoms with Crippen molar-refractivity contribution >= 4 is 27.4 Å². The van der Waals surface area contributed by atoms with Gasteiger partial charge >= 0.3 is 0 Å². The first kappa shape index (κ1) is 20.0. The third-order valence-electron chi connectivity index (χ3n) is 6.00. The largest absolute Gasteiger partial charge is 0.496 e. The van der Waals surface area contributed by atoms with Gasteiger partial charge in [0.25, 0.3) is 0 Å². The molecule has 5 rings (SSSR count). The molecule has 6 heteroatoms. The quantitative estimate of drug-likeness (QED) is 0.413. The maximum absolute atomic E-state index is 5.69. The number of hydrogen-bond acceptors (Lipinski definition) is 6. The van der Waals surface area contributed by atoms with Crippen molar-refractivity contribution < 1.29 is 4.74 Å². The summed E-state index contributed by atoms with van der Waals surface area (Å²) < 4.78 is 5.69. The molecule has 0 radical (unpaired) electrons. The molecule has 0 unspecified atom stereocenters. The van der Waals surface area contributed by atoms with Crippen molar-refractivity contribution in [2.24, 2.45) is 0 Å². The monoisotopic (exact) mass is 430 g/mol. The zero-order valence-electron chi connectivity index (χ0n) is 17.6. The highest BCUT2D eigenvalue weighted by Gasteiger charge is 2.26. The van der Waals surface area contributed by atoms with Gasteiger partial charge in [0.15, 0.2) is 0 Å². The van der Waals surface area contributed by atoms with Crippen molar-refractivity contribution in [3.63, 3.8) is 0 Å². The van der Waals surface area contributed by atoms with E-state index in [-0.39, 0.29) is 6.04 Å². The summed E-state index contributed by atoms with van der Waals surface area (Å²) in [6.07, 6.45) is 4.14. The number of rotatable bonds is 7. The lowest BCUT2D eigenvalue weighted by atomic mass is 10.0. The zero-order valence-corrected chi connectivity index (χ0v) is 18.4. The number of thiophene rings is 1. The van der Waals surface area contributed by atoms with Gasteiger partial charge < -0.3 is 10.1 Å². The Balaban J connectivity index is 1.49. The van der Waals surface area contributed by atoms with Crippen LogP contribution in [-0.2, 0) is 0 Å². The summed E-state index contributed by atoms with van der Waals surface area (Å²) >= 11 is 1.66. The number of anilines is 1. The summed E-state index contributed by atoms with van der Waals surface area (Å²) in [6, 6.07) is 19.0. The van der Waals surface area contributed by atoms with Crippen LogP contribution < -0.4 is 10.1 Å². The van der Waals surface area contributed by atoms with Gasteiger partial charge in [0.05, 0.1) is 18.5 Å². The third-order valence-corrected chi connectivity index (χ3v) is 6.88. The molecule has 0 saturated carbocycles. The Kier molecular flexibility index (Phi) is 5.82. The van der Waals surface area contributed by atoms with Crippen LogP contribution in [0.3, 0.4) is 0 Å². The van der Waals surface area contributed by atoms with Crippen LogP contribution in [0.1, 0.15) is 24.4 Å². The van der Waals surface area contributed by atoms with E-state index in [9.17, 15) is 0 Å². The van der Waals surface area contributed by atoms with E-state index in [0.29, 0.717) is 0 Å². The van der Waals surface area contributed by atoms with Gasteiger partial charge in [-0.15, -0.1) is 11.3 Å². The van der Waals surface area contributed by atoms with E-state index in [2.05, 4.69) is 62.0 Å². The molecule has 2 aromatic carbocycles. The number of para-hydroxylation sites is 1. The molecule has 2 aromatic heterocycles. The minimum absolute atomic E-state index is 0.225. The Morgan fingerprint density at radius 3 is 2.61 bits per heavy atom. The van der Waals surface area contributed by atoms with E-state index in [1.807, 2.05) is 18.2 Å². The Hall–Kier alpha value is -2.96. The predicted octanol–water partition coefficient (Wildman–Crippen LogP) is 5.62. The first-order chi connectivity index (χ1) is 15.3. The minimum Gasteiger partial charge on any atom is -0.496 e. The number of fused-ring (bicyclic) bond motifs is 1. The summed E-state index contributed by atoms with van der Waals surface area (Å²) in [5.41, 5.74) is 3.59. The second-order valence-electron chi connectivity index (χ2n) is 7.80. The van der Waals surface area contributed by atoms with E-state index in [1.165, 1.54) is 29.5 Å². The Morgan fingerprint density at radius 2 is 1.81 bits per heavy atom. The number of nitrogens with zero attached hydrogens (tertiary/aromatic N) is 3. The lowest BCUT2D eigenvalue weighted by molar-refractivity contribution is 0.249. The summed E-state index contributed by atoms with van der Waals surface area (Å²) in [5, 5.41) is 6.94. The van der Waals surface area contributed by atoms with E-state index < -0.39 is 0 Å². The topological polar surface area (TPSA) is 50.3 Å². The molecule has 5 nitrogen and oxygen atoms in total. The fraction of sp³-hybridized carbons (Fsp3) is 0.280. The SMILES string of the molecule is COc1ccccc1[C@H](CNc1ncnc2scc(-c3ccccc3)c12)N1CCCC1. The number of hydrogen-bond donors (Lipinski definition) is 1. The summed E-state index contributed by atoms with van der Waals surface area (Å²) in [7, 11) is 1.75.